The highest BCUT2D eigenvalue weighted by Gasteiger charge is 2.37. The molecule has 0 aromatic heterocycles. The van der Waals surface area contributed by atoms with Crippen molar-refractivity contribution in [2.24, 2.45) is 0 Å². The minimum atomic E-state index is -1.97. The highest BCUT2D eigenvalue weighted by atomic mass is 32.2. The van der Waals surface area contributed by atoms with Gasteiger partial charge in [-0.1, -0.05) is 11.1 Å². The molecule has 60 valence electrons. The molecule has 1 heterocycles. The van der Waals surface area contributed by atoms with Gasteiger partial charge in [0.05, 0.1) is 5.60 Å². The van der Waals surface area contributed by atoms with Gasteiger partial charge in [-0.25, -0.2) is 0 Å². The van der Waals surface area contributed by atoms with Crippen LogP contribution in [0.2, 0.25) is 0 Å². The van der Waals surface area contributed by atoms with Gasteiger partial charge in [0, 0.05) is 24.4 Å². The molecule has 0 aromatic carbocycles. The Morgan fingerprint density at radius 2 is 2.40 bits per heavy atom. The second kappa shape index (κ2) is 3.21. The van der Waals surface area contributed by atoms with Gasteiger partial charge in [-0.15, -0.1) is 0 Å². The summed E-state index contributed by atoms with van der Waals surface area (Å²) in [6, 6.07) is 0. The molecule has 1 saturated heterocycles. The van der Waals surface area contributed by atoms with Crippen LogP contribution >= 0.6 is 11.8 Å². The number of thioether (sulfide) groups is 1. The van der Waals surface area contributed by atoms with E-state index in [4.69, 9.17) is 4.74 Å². The van der Waals surface area contributed by atoms with Crippen molar-refractivity contribution in [2.75, 3.05) is 24.4 Å². The molecule has 1 aliphatic heterocycles. The van der Waals surface area contributed by atoms with Crippen LogP contribution < -0.4 is 0 Å². The van der Waals surface area contributed by atoms with E-state index < -0.39 is 11.1 Å². The van der Waals surface area contributed by atoms with Gasteiger partial charge in [0.15, 0.2) is 0 Å². The van der Waals surface area contributed by atoms with Crippen LogP contribution in [-0.2, 0) is 15.8 Å². The van der Waals surface area contributed by atoms with E-state index in [2.05, 4.69) is 0 Å². The van der Waals surface area contributed by atoms with Crippen molar-refractivity contribution in [1.82, 2.24) is 0 Å². The number of rotatable bonds is 3. The van der Waals surface area contributed by atoms with Crippen molar-refractivity contribution in [1.29, 1.82) is 0 Å². The smallest absolute Gasteiger partial charge is 0.0962 e. The minimum absolute atomic E-state index is 0.135. The zero-order valence-corrected chi connectivity index (χ0v) is 7.30. The molecule has 0 aromatic rings. The summed E-state index contributed by atoms with van der Waals surface area (Å²) >= 11 is -0.260. The van der Waals surface area contributed by atoms with Crippen LogP contribution in [0, 0.1) is 0 Å². The summed E-state index contributed by atoms with van der Waals surface area (Å²) in [5.41, 5.74) is -0.364. The molecule has 0 aliphatic carbocycles. The molecule has 3 nitrogen and oxygen atoms in total. The van der Waals surface area contributed by atoms with Crippen LogP contribution in [0.1, 0.15) is 0 Å². The lowest BCUT2D eigenvalue weighted by Crippen LogP contribution is -2.49. The van der Waals surface area contributed by atoms with E-state index in [-0.39, 0.29) is 11.4 Å². The van der Waals surface area contributed by atoms with Crippen LogP contribution in [0.5, 0.6) is 0 Å². The van der Waals surface area contributed by atoms with Gasteiger partial charge in [0.2, 0.25) is 0 Å². The topological polar surface area (TPSA) is 49.4 Å². The average molecular weight is 181 g/mol. The Hall–Kier alpha value is 0.420. The lowest BCUT2D eigenvalue weighted by atomic mass is 10.1. The SMILES string of the molecule is COC1(CS(=O)[O-])CSC1. The second-order valence-corrected chi connectivity index (χ2v) is 4.21. The predicted molar refractivity (Wildman–Crippen MR) is 40.9 cm³/mol. The molecule has 0 spiro atoms. The third-order valence-corrected chi connectivity index (χ3v) is 3.77. The number of hydrogen-bond acceptors (Lipinski definition) is 4. The van der Waals surface area contributed by atoms with Crippen LogP contribution in [0.15, 0.2) is 0 Å². The third kappa shape index (κ3) is 1.72. The van der Waals surface area contributed by atoms with Crippen molar-refractivity contribution in [3.8, 4) is 0 Å². The molecular formula is C5H9O3S2-. The summed E-state index contributed by atoms with van der Waals surface area (Å²) < 4.78 is 25.6. The summed E-state index contributed by atoms with van der Waals surface area (Å²) in [6.07, 6.45) is 0. The molecule has 1 rings (SSSR count). The Labute approximate surface area is 66.8 Å². The van der Waals surface area contributed by atoms with Crippen molar-refractivity contribution < 1.29 is 13.5 Å². The molecule has 10 heavy (non-hydrogen) atoms. The van der Waals surface area contributed by atoms with Crippen molar-refractivity contribution in [3.05, 3.63) is 0 Å². The zero-order chi connectivity index (χ0) is 7.61. The molecule has 1 unspecified atom stereocenters. The van der Waals surface area contributed by atoms with E-state index in [9.17, 15) is 8.76 Å². The normalized spacial score (nSPS) is 25.4. The molecule has 1 fully saturated rings. The van der Waals surface area contributed by atoms with Gasteiger partial charge in [0.25, 0.3) is 0 Å². The summed E-state index contributed by atoms with van der Waals surface area (Å²) in [7, 11) is 1.56. The number of methoxy groups -OCH3 is 1. The Balaban J connectivity index is 2.40. The van der Waals surface area contributed by atoms with Gasteiger partial charge in [-0.05, 0) is 0 Å². The fourth-order valence-electron chi connectivity index (χ4n) is 0.805. The van der Waals surface area contributed by atoms with Gasteiger partial charge < -0.3 is 9.29 Å². The average Bonchev–Trinajstić information content (AvgIpc) is 1.78. The first-order valence-corrected chi connectivity index (χ1v) is 5.27. The van der Waals surface area contributed by atoms with E-state index in [1.165, 1.54) is 0 Å². The van der Waals surface area contributed by atoms with Gasteiger partial charge in [0.1, 0.15) is 0 Å². The maximum absolute atomic E-state index is 10.3. The first-order chi connectivity index (χ1) is 4.68. The van der Waals surface area contributed by atoms with Gasteiger partial charge in [-0.3, -0.25) is 4.21 Å². The molecule has 0 saturated carbocycles. The lowest BCUT2D eigenvalue weighted by molar-refractivity contribution is 0.0410. The fraction of sp³-hybridized carbons (Fsp3) is 1.00. The standard InChI is InChI=1S/C5H10O3S2/c1-8-5(2-9-3-5)4-10(6)7/h2-4H2,1H3,(H,6,7)/p-1. The fourth-order valence-corrected chi connectivity index (χ4v) is 2.91. The van der Waals surface area contributed by atoms with Gasteiger partial charge >= 0.3 is 0 Å². The summed E-state index contributed by atoms with van der Waals surface area (Å²) in [5, 5.41) is 0. The quantitative estimate of drug-likeness (QED) is 0.575. The van der Waals surface area contributed by atoms with E-state index >= 15 is 0 Å². The first kappa shape index (κ1) is 8.52. The summed E-state index contributed by atoms with van der Waals surface area (Å²) in [4.78, 5) is 0. The number of ether oxygens (including phenoxy) is 1. The highest BCUT2D eigenvalue weighted by molar-refractivity contribution is 8.01. The van der Waals surface area contributed by atoms with Crippen molar-refractivity contribution in [3.63, 3.8) is 0 Å². The third-order valence-electron chi connectivity index (χ3n) is 1.54. The molecule has 1 aliphatic rings. The minimum Gasteiger partial charge on any atom is -0.772 e. The summed E-state index contributed by atoms with van der Waals surface area (Å²) in [5.74, 6) is 1.74. The monoisotopic (exact) mass is 181 g/mol. The Morgan fingerprint density at radius 3 is 2.50 bits per heavy atom. The zero-order valence-electron chi connectivity index (χ0n) is 5.66. The molecule has 0 radical (unpaired) electrons. The molecule has 1 atom stereocenters. The summed E-state index contributed by atoms with van der Waals surface area (Å²) in [6.45, 7) is 0. The van der Waals surface area contributed by atoms with E-state index in [0.29, 0.717) is 0 Å². The number of hydrogen-bond donors (Lipinski definition) is 0. The van der Waals surface area contributed by atoms with Crippen molar-refractivity contribution in [2.45, 2.75) is 5.60 Å². The largest absolute Gasteiger partial charge is 0.772 e. The molecule has 5 heteroatoms. The van der Waals surface area contributed by atoms with Crippen LogP contribution in [0.3, 0.4) is 0 Å². The molecule has 0 N–H and O–H groups in total. The van der Waals surface area contributed by atoms with E-state index in [1.54, 1.807) is 18.9 Å². The van der Waals surface area contributed by atoms with E-state index in [1.807, 2.05) is 0 Å². The Bertz CT molecular complexity index is 138. The lowest BCUT2D eigenvalue weighted by Gasteiger charge is -2.40. The second-order valence-electron chi connectivity index (χ2n) is 2.33. The van der Waals surface area contributed by atoms with Crippen molar-refractivity contribution >= 4 is 22.8 Å². The Morgan fingerprint density at radius 1 is 1.80 bits per heavy atom. The highest BCUT2D eigenvalue weighted by Crippen LogP contribution is 2.32. The predicted octanol–water partition coefficient (Wildman–Crippen LogP) is -0.00250. The molecular weight excluding hydrogens is 172 g/mol. The Kier molecular flexibility index (Phi) is 2.74. The van der Waals surface area contributed by atoms with Crippen LogP contribution in [0.4, 0.5) is 0 Å². The van der Waals surface area contributed by atoms with E-state index in [0.717, 1.165) is 11.5 Å². The maximum atomic E-state index is 10.3. The van der Waals surface area contributed by atoms with Crippen LogP contribution in [-0.4, -0.2) is 38.7 Å². The first-order valence-electron chi connectivity index (χ1n) is 2.87. The van der Waals surface area contributed by atoms with Crippen LogP contribution in [0.25, 0.3) is 0 Å². The van der Waals surface area contributed by atoms with Gasteiger partial charge in [-0.2, -0.15) is 11.8 Å². The molecule has 0 bridgehead atoms. The molecule has 0 amide bonds. The maximum Gasteiger partial charge on any atom is 0.0962 e.